The van der Waals surface area contributed by atoms with Crippen LogP contribution in [0, 0.1) is 0 Å². The number of ether oxygens (including phenoxy) is 2. The molecule has 6 rings (SSSR count). The second-order valence-electron chi connectivity index (χ2n) is 11.5. The molecule has 0 aromatic heterocycles. The highest BCUT2D eigenvalue weighted by Crippen LogP contribution is 2.48. The third kappa shape index (κ3) is 4.92. The van der Waals surface area contributed by atoms with E-state index in [0.717, 1.165) is 22.6 Å². The molecule has 4 aromatic rings. The van der Waals surface area contributed by atoms with Crippen molar-refractivity contribution in [2.24, 2.45) is 0 Å². The Morgan fingerprint density at radius 3 is 1.30 bits per heavy atom. The predicted molar refractivity (Wildman–Crippen MR) is 167 cm³/mol. The smallest absolute Gasteiger partial charge is 0.241 e. The van der Waals surface area contributed by atoms with Crippen molar-refractivity contribution in [2.45, 2.75) is 36.8 Å². The lowest BCUT2D eigenvalue weighted by atomic mass is 9.62. The maximum atomic E-state index is 15.3. The van der Waals surface area contributed by atoms with Gasteiger partial charge < -0.3 is 19.3 Å². The van der Waals surface area contributed by atoms with Crippen molar-refractivity contribution >= 4 is 17.6 Å². The molecule has 0 radical (unpaired) electrons. The molecule has 2 aliphatic heterocycles. The minimum atomic E-state index is -1.49. The summed E-state index contributed by atoms with van der Waals surface area (Å²) in [5.41, 5.74) is 0.157. The summed E-state index contributed by atoms with van der Waals surface area (Å²) in [7, 11) is 3.23. The number of hydrogen-bond donors (Lipinski definition) is 0. The van der Waals surface area contributed by atoms with Gasteiger partial charge in [-0.05, 0) is 59.4 Å². The average Bonchev–Trinajstić information content (AvgIpc) is 3.59. The molecule has 4 aromatic carbocycles. The monoisotopic (exact) mass is 588 g/mol. The molecular weight excluding hydrogens is 552 g/mol. The molecule has 2 fully saturated rings. The van der Waals surface area contributed by atoms with Gasteiger partial charge >= 0.3 is 0 Å². The van der Waals surface area contributed by atoms with Crippen LogP contribution in [0.3, 0.4) is 0 Å². The summed E-state index contributed by atoms with van der Waals surface area (Å²) in [6.07, 6.45) is 0.594. The zero-order chi connectivity index (χ0) is 30.7. The maximum Gasteiger partial charge on any atom is 0.241 e. The first-order chi connectivity index (χ1) is 21.4. The van der Waals surface area contributed by atoms with E-state index >= 15 is 4.79 Å². The summed E-state index contributed by atoms with van der Waals surface area (Å²) < 4.78 is 10.6. The highest BCUT2D eigenvalue weighted by Gasteiger charge is 2.64. The molecule has 0 aliphatic carbocycles. The second kappa shape index (κ2) is 12.0. The largest absolute Gasteiger partial charge is 0.497 e. The van der Waals surface area contributed by atoms with Crippen molar-refractivity contribution in [3.8, 4) is 11.5 Å². The molecule has 2 atom stereocenters. The minimum Gasteiger partial charge on any atom is -0.497 e. The second-order valence-corrected chi connectivity index (χ2v) is 11.5. The molecule has 0 bridgehead atoms. The van der Waals surface area contributed by atoms with Gasteiger partial charge in [-0.3, -0.25) is 14.4 Å². The van der Waals surface area contributed by atoms with Gasteiger partial charge in [0.15, 0.2) is 5.78 Å². The van der Waals surface area contributed by atoms with Crippen molar-refractivity contribution in [3.05, 3.63) is 131 Å². The van der Waals surface area contributed by atoms with Crippen LogP contribution in [0.4, 0.5) is 0 Å². The van der Waals surface area contributed by atoms with Crippen LogP contribution < -0.4 is 9.47 Å². The van der Waals surface area contributed by atoms with E-state index in [4.69, 9.17) is 9.47 Å². The number of methoxy groups -OCH3 is 2. The fourth-order valence-corrected chi connectivity index (χ4v) is 6.80. The number of likely N-dealkylation sites (tertiary alicyclic amines) is 2. The lowest BCUT2D eigenvalue weighted by Gasteiger charge is -2.36. The molecule has 7 nitrogen and oxygen atoms in total. The van der Waals surface area contributed by atoms with Crippen molar-refractivity contribution < 1.29 is 23.9 Å². The number of ketones is 1. The molecule has 2 heterocycles. The Kier molecular flexibility index (Phi) is 7.95. The quantitative estimate of drug-likeness (QED) is 0.235. The number of rotatable bonds is 10. The molecule has 2 saturated heterocycles. The molecular formula is C37H36N2O5. The van der Waals surface area contributed by atoms with E-state index < -0.39 is 10.8 Å². The Labute approximate surface area is 258 Å². The van der Waals surface area contributed by atoms with Gasteiger partial charge in [0.25, 0.3) is 0 Å². The first kappa shape index (κ1) is 29.2. The molecule has 7 heteroatoms. The van der Waals surface area contributed by atoms with Gasteiger partial charge in [-0.1, -0.05) is 84.9 Å². The number of Topliss-reactive ketones (excluding diaryl/α,β-unsaturated/α-hetero) is 1. The normalized spacial score (nSPS) is 21.5. The first-order valence-electron chi connectivity index (χ1n) is 14.9. The van der Waals surface area contributed by atoms with Gasteiger partial charge in [0, 0.05) is 26.2 Å². The highest BCUT2D eigenvalue weighted by atomic mass is 16.5. The number of carbonyl (C=O) groups excluding carboxylic acids is 3. The SMILES string of the molecule is COc1ccc(CN2CC[C@](C(=O)[C@]3(c4ccccc4)CCN(Cc4ccc(OC)cc4)C3=O)(c3ccccc3)C2=O)cc1. The van der Waals surface area contributed by atoms with Gasteiger partial charge in [0.1, 0.15) is 22.3 Å². The Morgan fingerprint density at radius 1 is 0.591 bits per heavy atom. The molecule has 44 heavy (non-hydrogen) atoms. The lowest BCUT2D eigenvalue weighted by molar-refractivity contribution is -0.146. The minimum absolute atomic E-state index is 0.263. The fraction of sp³-hybridized carbons (Fsp3) is 0.270. The predicted octanol–water partition coefficient (Wildman–Crippen LogP) is 5.31. The van der Waals surface area contributed by atoms with Crippen LogP contribution in [-0.4, -0.2) is 54.7 Å². The lowest BCUT2D eigenvalue weighted by Crippen LogP contribution is -2.56. The summed E-state index contributed by atoms with van der Waals surface area (Å²) in [5.74, 6) is 0.604. The van der Waals surface area contributed by atoms with Crippen LogP contribution in [0.1, 0.15) is 35.1 Å². The molecule has 0 saturated carbocycles. The summed E-state index contributed by atoms with van der Waals surface area (Å²) >= 11 is 0. The van der Waals surface area contributed by atoms with E-state index in [1.54, 1.807) is 24.0 Å². The van der Waals surface area contributed by atoms with Gasteiger partial charge in [0.2, 0.25) is 11.8 Å². The van der Waals surface area contributed by atoms with E-state index in [9.17, 15) is 9.59 Å². The molecule has 0 unspecified atom stereocenters. The summed E-state index contributed by atoms with van der Waals surface area (Å²) in [6, 6.07) is 33.7. The fourth-order valence-electron chi connectivity index (χ4n) is 6.80. The highest BCUT2D eigenvalue weighted by molar-refractivity contribution is 6.25. The molecule has 2 aliphatic rings. The standard InChI is InChI=1S/C37H36N2O5/c1-43-31-17-13-27(14-18-31)25-38-23-21-36(34(38)41,29-9-5-3-6-10-29)33(40)37(30-11-7-4-8-12-30)22-24-39(35(37)42)26-28-15-19-32(44-2)20-16-28/h3-20H,21-26H2,1-2H3/t36-,37-/m1/s1. The van der Waals surface area contributed by atoms with Crippen LogP contribution in [-0.2, 0) is 38.3 Å². The van der Waals surface area contributed by atoms with E-state index in [0.29, 0.717) is 50.1 Å². The number of nitrogens with zero attached hydrogens (tertiary/aromatic N) is 2. The zero-order valence-corrected chi connectivity index (χ0v) is 25.1. The Morgan fingerprint density at radius 2 is 0.955 bits per heavy atom. The van der Waals surface area contributed by atoms with Gasteiger partial charge in [-0.25, -0.2) is 0 Å². The molecule has 0 spiro atoms. The van der Waals surface area contributed by atoms with Crippen LogP contribution in [0.2, 0.25) is 0 Å². The summed E-state index contributed by atoms with van der Waals surface area (Å²) in [6.45, 7) is 1.53. The molecule has 224 valence electrons. The molecule has 2 amide bonds. The number of amides is 2. The topological polar surface area (TPSA) is 76.2 Å². The van der Waals surface area contributed by atoms with Crippen molar-refractivity contribution in [1.29, 1.82) is 0 Å². The summed E-state index contributed by atoms with van der Waals surface area (Å²) in [4.78, 5) is 48.1. The van der Waals surface area contributed by atoms with Crippen molar-refractivity contribution in [1.82, 2.24) is 9.80 Å². The summed E-state index contributed by atoms with van der Waals surface area (Å²) in [5, 5.41) is 0. The van der Waals surface area contributed by atoms with Crippen LogP contribution >= 0.6 is 0 Å². The third-order valence-electron chi connectivity index (χ3n) is 9.19. The van der Waals surface area contributed by atoms with Crippen LogP contribution in [0.5, 0.6) is 11.5 Å². The molecule has 0 N–H and O–H groups in total. The first-order valence-corrected chi connectivity index (χ1v) is 14.9. The van der Waals surface area contributed by atoms with Crippen molar-refractivity contribution in [2.75, 3.05) is 27.3 Å². The Bertz CT molecular complexity index is 1520. The Hall–Kier alpha value is -4.91. The van der Waals surface area contributed by atoms with E-state index in [1.165, 1.54) is 0 Å². The van der Waals surface area contributed by atoms with Gasteiger partial charge in [-0.2, -0.15) is 0 Å². The zero-order valence-electron chi connectivity index (χ0n) is 25.1. The average molecular weight is 589 g/mol. The van der Waals surface area contributed by atoms with Crippen molar-refractivity contribution in [3.63, 3.8) is 0 Å². The van der Waals surface area contributed by atoms with E-state index in [-0.39, 0.29) is 17.6 Å². The number of benzene rings is 4. The Balaban J connectivity index is 1.40. The van der Waals surface area contributed by atoms with E-state index in [1.807, 2.05) is 109 Å². The van der Waals surface area contributed by atoms with Crippen LogP contribution in [0.15, 0.2) is 109 Å². The van der Waals surface area contributed by atoms with Gasteiger partial charge in [-0.15, -0.1) is 0 Å². The third-order valence-corrected chi connectivity index (χ3v) is 9.19. The number of hydrogen-bond acceptors (Lipinski definition) is 5. The van der Waals surface area contributed by atoms with E-state index in [2.05, 4.69) is 0 Å². The maximum absolute atomic E-state index is 15.3. The van der Waals surface area contributed by atoms with Crippen LogP contribution in [0.25, 0.3) is 0 Å². The number of carbonyl (C=O) groups is 3. The van der Waals surface area contributed by atoms with Gasteiger partial charge in [0.05, 0.1) is 14.2 Å².